The maximum Gasteiger partial charge on any atom is 0.242 e. The highest BCUT2D eigenvalue weighted by Gasteiger charge is 2.15. The molecule has 0 saturated heterocycles. The predicted molar refractivity (Wildman–Crippen MR) is 73.0 cm³/mol. The van der Waals surface area contributed by atoms with Gasteiger partial charge in [0.05, 0.1) is 0 Å². The second kappa shape index (κ2) is 5.16. The maximum atomic E-state index is 5.87. The number of halogens is 1. The van der Waals surface area contributed by atoms with Gasteiger partial charge in [-0.2, -0.15) is 0 Å². The van der Waals surface area contributed by atoms with Crippen LogP contribution in [0.2, 0.25) is 19.6 Å². The lowest BCUT2D eigenvalue weighted by Crippen LogP contribution is -2.29. The molecule has 1 aromatic rings. The molecule has 14 heavy (non-hydrogen) atoms. The van der Waals surface area contributed by atoms with Crippen LogP contribution in [0.15, 0.2) is 24.3 Å². The first kappa shape index (κ1) is 12.0. The Morgan fingerprint density at radius 2 is 1.71 bits per heavy atom. The fourth-order valence-corrected chi connectivity index (χ4v) is 2.65. The first-order chi connectivity index (χ1) is 6.51. The van der Waals surface area contributed by atoms with Crippen LogP contribution < -0.4 is 4.43 Å². The summed E-state index contributed by atoms with van der Waals surface area (Å²) < 4.78 is 7.04. The molecular formula is C11H17IOSi. The van der Waals surface area contributed by atoms with Crippen LogP contribution in [0.1, 0.15) is 5.56 Å². The molecule has 0 saturated carbocycles. The molecule has 0 aliphatic heterocycles. The van der Waals surface area contributed by atoms with E-state index in [-0.39, 0.29) is 0 Å². The van der Waals surface area contributed by atoms with E-state index in [1.165, 1.54) is 9.99 Å². The van der Waals surface area contributed by atoms with Gasteiger partial charge in [-0.15, -0.1) is 0 Å². The van der Waals surface area contributed by atoms with Crippen molar-refractivity contribution in [3.63, 3.8) is 0 Å². The van der Waals surface area contributed by atoms with E-state index < -0.39 is 8.32 Å². The Labute approximate surface area is 101 Å². The van der Waals surface area contributed by atoms with Gasteiger partial charge in [-0.3, -0.25) is 0 Å². The molecule has 0 aliphatic carbocycles. The molecule has 78 valence electrons. The summed E-state index contributed by atoms with van der Waals surface area (Å²) in [5.74, 6) is 1.02. The van der Waals surface area contributed by atoms with Gasteiger partial charge in [-0.1, -0.05) is 34.7 Å². The van der Waals surface area contributed by atoms with E-state index in [2.05, 4.69) is 66.5 Å². The van der Waals surface area contributed by atoms with Crippen molar-refractivity contribution in [2.24, 2.45) is 0 Å². The molecule has 0 spiro atoms. The first-order valence-electron chi connectivity index (χ1n) is 4.85. The minimum Gasteiger partial charge on any atom is -0.544 e. The molecule has 0 N–H and O–H groups in total. The summed E-state index contributed by atoms with van der Waals surface area (Å²) >= 11 is 2.40. The molecule has 0 heterocycles. The Kier molecular flexibility index (Phi) is 4.44. The molecule has 1 rings (SSSR count). The van der Waals surface area contributed by atoms with Gasteiger partial charge in [0.25, 0.3) is 0 Å². The average molecular weight is 320 g/mol. The Balaban J connectivity index is 2.64. The molecule has 0 fully saturated rings. The highest BCUT2D eigenvalue weighted by molar-refractivity contribution is 14.1. The van der Waals surface area contributed by atoms with Crippen LogP contribution >= 0.6 is 22.6 Å². The molecule has 1 nitrogen and oxygen atoms in total. The number of hydrogen-bond acceptors (Lipinski definition) is 1. The molecule has 1 aromatic carbocycles. The van der Waals surface area contributed by atoms with Crippen LogP contribution in [0.4, 0.5) is 0 Å². The van der Waals surface area contributed by atoms with E-state index >= 15 is 0 Å². The molecule has 3 heteroatoms. The Hall–Kier alpha value is -0.0331. The summed E-state index contributed by atoms with van der Waals surface area (Å²) in [6, 6.07) is 8.49. The smallest absolute Gasteiger partial charge is 0.242 e. The average Bonchev–Trinajstić information content (AvgIpc) is 2.06. The molecule has 0 radical (unpaired) electrons. The van der Waals surface area contributed by atoms with Gasteiger partial charge in [0, 0.05) is 4.43 Å². The molecule has 0 aliphatic rings. The quantitative estimate of drug-likeness (QED) is 0.465. The molecule has 0 atom stereocenters. The van der Waals surface area contributed by atoms with Gasteiger partial charge in [0.1, 0.15) is 5.75 Å². The summed E-state index contributed by atoms with van der Waals surface area (Å²) in [7, 11) is -1.44. The lowest BCUT2D eigenvalue weighted by molar-refractivity contribution is 0.557. The largest absolute Gasteiger partial charge is 0.544 e. The molecule has 0 unspecified atom stereocenters. The van der Waals surface area contributed by atoms with Gasteiger partial charge in [-0.05, 0) is 43.8 Å². The maximum absolute atomic E-state index is 5.87. The fourth-order valence-electron chi connectivity index (χ4n) is 1.19. The predicted octanol–water partition coefficient (Wildman–Crippen LogP) is 3.88. The van der Waals surface area contributed by atoms with Crippen LogP contribution in [-0.4, -0.2) is 12.7 Å². The molecule has 0 amide bonds. The van der Waals surface area contributed by atoms with Crippen molar-refractivity contribution in [3.05, 3.63) is 29.8 Å². The number of rotatable bonds is 4. The van der Waals surface area contributed by atoms with Gasteiger partial charge >= 0.3 is 0 Å². The second-order valence-corrected chi connectivity index (χ2v) is 9.80. The van der Waals surface area contributed by atoms with E-state index in [1.807, 2.05) is 0 Å². The zero-order chi connectivity index (χ0) is 10.6. The monoisotopic (exact) mass is 320 g/mol. The SMILES string of the molecule is C[Si](C)(C)Oc1ccc(CCI)cc1. The Bertz CT molecular complexity index is 276. The normalized spacial score (nSPS) is 11.4. The fraction of sp³-hybridized carbons (Fsp3) is 0.455. The Morgan fingerprint density at radius 3 is 2.14 bits per heavy atom. The Morgan fingerprint density at radius 1 is 1.14 bits per heavy atom. The van der Waals surface area contributed by atoms with Crippen LogP contribution in [0.5, 0.6) is 5.75 Å². The molecule has 0 bridgehead atoms. The van der Waals surface area contributed by atoms with E-state index in [0.29, 0.717) is 0 Å². The standard InChI is InChI=1S/C11H17IOSi/c1-14(2,3)13-11-6-4-10(5-7-11)8-9-12/h4-7H,8-9H2,1-3H3. The zero-order valence-electron chi connectivity index (χ0n) is 9.01. The third kappa shape index (κ3) is 4.46. The van der Waals surface area contributed by atoms with E-state index in [4.69, 9.17) is 4.43 Å². The third-order valence-electron chi connectivity index (χ3n) is 1.73. The lowest BCUT2D eigenvalue weighted by Gasteiger charge is -2.19. The van der Waals surface area contributed by atoms with Gasteiger partial charge in [0.2, 0.25) is 8.32 Å². The van der Waals surface area contributed by atoms with Crippen molar-refractivity contribution in [2.45, 2.75) is 26.1 Å². The second-order valence-electron chi connectivity index (χ2n) is 4.30. The van der Waals surface area contributed by atoms with Crippen molar-refractivity contribution in [2.75, 3.05) is 4.43 Å². The van der Waals surface area contributed by atoms with Crippen LogP contribution in [0.3, 0.4) is 0 Å². The minimum absolute atomic E-state index is 1.02. The van der Waals surface area contributed by atoms with Crippen LogP contribution in [0, 0.1) is 0 Å². The third-order valence-corrected chi connectivity index (χ3v) is 3.12. The molecular weight excluding hydrogens is 303 g/mol. The van der Waals surface area contributed by atoms with Gasteiger partial charge in [-0.25, -0.2) is 0 Å². The van der Waals surface area contributed by atoms with Crippen molar-refractivity contribution in [1.82, 2.24) is 0 Å². The highest BCUT2D eigenvalue weighted by Crippen LogP contribution is 2.17. The number of alkyl halides is 1. The van der Waals surface area contributed by atoms with E-state index in [9.17, 15) is 0 Å². The number of aryl methyl sites for hydroxylation is 1. The lowest BCUT2D eigenvalue weighted by atomic mass is 10.2. The highest BCUT2D eigenvalue weighted by atomic mass is 127. The summed E-state index contributed by atoms with van der Waals surface area (Å²) in [6.07, 6.45) is 1.15. The van der Waals surface area contributed by atoms with E-state index in [1.54, 1.807) is 0 Å². The van der Waals surface area contributed by atoms with Crippen LogP contribution in [0.25, 0.3) is 0 Å². The van der Waals surface area contributed by atoms with Crippen molar-refractivity contribution < 1.29 is 4.43 Å². The summed E-state index contributed by atoms with van der Waals surface area (Å²) in [5, 5.41) is 0. The minimum atomic E-state index is -1.44. The topological polar surface area (TPSA) is 9.23 Å². The van der Waals surface area contributed by atoms with E-state index in [0.717, 1.165) is 12.2 Å². The summed E-state index contributed by atoms with van der Waals surface area (Å²) in [5.41, 5.74) is 1.39. The van der Waals surface area contributed by atoms with Crippen LogP contribution in [-0.2, 0) is 6.42 Å². The summed E-state index contributed by atoms with van der Waals surface area (Å²) in [6.45, 7) is 6.60. The number of benzene rings is 1. The van der Waals surface area contributed by atoms with Crippen molar-refractivity contribution in [1.29, 1.82) is 0 Å². The van der Waals surface area contributed by atoms with Crippen molar-refractivity contribution >= 4 is 30.9 Å². The number of hydrogen-bond donors (Lipinski definition) is 0. The van der Waals surface area contributed by atoms with Crippen molar-refractivity contribution in [3.8, 4) is 5.75 Å². The molecule has 0 aromatic heterocycles. The zero-order valence-corrected chi connectivity index (χ0v) is 12.2. The van der Waals surface area contributed by atoms with Gasteiger partial charge in [0.15, 0.2) is 0 Å². The first-order valence-corrected chi connectivity index (χ1v) is 9.78. The summed E-state index contributed by atoms with van der Waals surface area (Å²) in [4.78, 5) is 0. The van der Waals surface area contributed by atoms with Gasteiger partial charge < -0.3 is 4.43 Å².